The van der Waals surface area contributed by atoms with Crippen molar-refractivity contribution in [2.45, 2.75) is 77.2 Å². The van der Waals surface area contributed by atoms with E-state index >= 15 is 0 Å². The van der Waals surface area contributed by atoms with Gasteiger partial charge in [-0.15, -0.1) is 16.1 Å². The molecular formula is C19H30ClN3O3S2. The van der Waals surface area contributed by atoms with E-state index in [2.05, 4.69) is 9.71 Å². The van der Waals surface area contributed by atoms with Crippen LogP contribution in [0.5, 0.6) is 0 Å². The number of likely N-dealkylation sites (tertiary alicyclic amines) is 1. The van der Waals surface area contributed by atoms with E-state index in [1.54, 1.807) is 4.90 Å². The van der Waals surface area contributed by atoms with Crippen LogP contribution in [0.25, 0.3) is 0 Å². The molecule has 1 fully saturated rings. The van der Waals surface area contributed by atoms with Crippen LogP contribution in [0, 0.1) is 5.41 Å². The number of carbonyl (C=O) groups excluding carboxylic acids is 1. The fourth-order valence-corrected chi connectivity index (χ4v) is 6.06. The lowest BCUT2D eigenvalue weighted by atomic mass is 9.74. The summed E-state index contributed by atoms with van der Waals surface area (Å²) in [6.45, 7) is 12.7. The third kappa shape index (κ3) is 4.61. The van der Waals surface area contributed by atoms with Crippen molar-refractivity contribution in [3.63, 3.8) is 0 Å². The lowest BCUT2D eigenvalue weighted by Crippen LogP contribution is -2.51. The molecule has 1 aromatic rings. The molecule has 158 valence electrons. The fourth-order valence-electron chi connectivity index (χ4n) is 3.79. The van der Waals surface area contributed by atoms with Crippen LogP contribution in [0.4, 0.5) is 4.79 Å². The number of halogens is 1. The van der Waals surface area contributed by atoms with Gasteiger partial charge in [0, 0.05) is 34.7 Å². The minimum atomic E-state index is -1.22. The van der Waals surface area contributed by atoms with Crippen molar-refractivity contribution in [2.24, 2.45) is 5.41 Å². The van der Waals surface area contributed by atoms with Crippen LogP contribution in [0.15, 0.2) is 0 Å². The summed E-state index contributed by atoms with van der Waals surface area (Å²) in [4.78, 5) is 19.9. The molecule has 2 heterocycles. The highest BCUT2D eigenvalue weighted by Crippen LogP contribution is 2.54. The maximum Gasteiger partial charge on any atom is 0.410 e. The van der Waals surface area contributed by atoms with E-state index < -0.39 is 17.0 Å². The Labute approximate surface area is 179 Å². The van der Waals surface area contributed by atoms with Gasteiger partial charge in [-0.3, -0.25) is 0 Å². The van der Waals surface area contributed by atoms with Crippen LogP contribution in [0.3, 0.4) is 0 Å². The molecule has 1 aliphatic carbocycles. The molecule has 28 heavy (non-hydrogen) atoms. The molecule has 2 aliphatic rings. The van der Waals surface area contributed by atoms with Gasteiger partial charge in [0.15, 0.2) is 4.47 Å². The largest absolute Gasteiger partial charge is 0.598 e. The molecule has 0 radical (unpaired) electrons. The van der Waals surface area contributed by atoms with Gasteiger partial charge in [-0.05, 0) is 60.8 Å². The monoisotopic (exact) mass is 447 g/mol. The van der Waals surface area contributed by atoms with Crippen LogP contribution in [0.1, 0.15) is 71.0 Å². The summed E-state index contributed by atoms with van der Waals surface area (Å²) >= 11 is 6.45. The summed E-state index contributed by atoms with van der Waals surface area (Å²) in [6, 6.07) is -0.118. The predicted octanol–water partition coefficient (Wildman–Crippen LogP) is 4.46. The SMILES string of the molecule is CC(C)(C)OC(=O)N1CCC2(CC1)Cc1sc(Cl)nc1C2N[S+]([O-])C(C)(C)C. The third-order valence-electron chi connectivity index (χ3n) is 5.29. The zero-order valence-electron chi connectivity index (χ0n) is 17.4. The maximum atomic E-state index is 12.9. The van der Waals surface area contributed by atoms with Gasteiger partial charge >= 0.3 is 6.09 Å². The molecule has 1 spiro atoms. The van der Waals surface area contributed by atoms with Crippen LogP contribution in [0.2, 0.25) is 4.47 Å². The molecule has 0 bridgehead atoms. The molecule has 9 heteroatoms. The average molecular weight is 448 g/mol. The molecule has 0 saturated carbocycles. The van der Waals surface area contributed by atoms with E-state index in [0.717, 1.165) is 25.0 Å². The fraction of sp³-hybridized carbons (Fsp3) is 0.789. The highest BCUT2D eigenvalue weighted by molar-refractivity contribution is 7.90. The average Bonchev–Trinajstić information content (AvgIpc) is 3.00. The number of rotatable bonds is 2. The Morgan fingerprint density at radius 2 is 1.93 bits per heavy atom. The number of fused-ring (bicyclic) bond motifs is 1. The number of hydrogen-bond donors (Lipinski definition) is 1. The Bertz CT molecular complexity index is 734. The van der Waals surface area contributed by atoms with Crippen LogP contribution < -0.4 is 4.72 Å². The van der Waals surface area contributed by atoms with Crippen molar-refractivity contribution in [2.75, 3.05) is 13.1 Å². The summed E-state index contributed by atoms with van der Waals surface area (Å²) in [7, 11) is 0. The van der Waals surface area contributed by atoms with Crippen molar-refractivity contribution in [1.29, 1.82) is 0 Å². The van der Waals surface area contributed by atoms with Gasteiger partial charge in [0.25, 0.3) is 0 Å². The molecule has 1 amide bonds. The Kier molecular flexibility index (Phi) is 6.02. The number of thiazole rings is 1. The van der Waals surface area contributed by atoms with Crippen molar-refractivity contribution < 1.29 is 14.1 Å². The van der Waals surface area contributed by atoms with Crippen molar-refractivity contribution in [3.05, 3.63) is 15.0 Å². The number of ether oxygens (including phenoxy) is 1. The van der Waals surface area contributed by atoms with Gasteiger partial charge in [-0.2, -0.15) is 0 Å². The first-order valence-corrected chi connectivity index (χ1v) is 12.0. The lowest BCUT2D eigenvalue weighted by molar-refractivity contribution is 0.00707. The second-order valence-electron chi connectivity index (χ2n) is 9.71. The standard InChI is InChI=1S/C19H30ClN3O3S2/c1-17(2,3)26-16(24)23-9-7-19(8-10-23)11-12-13(21-15(20)27-12)14(19)22-28(25)18(4,5)6/h14,22H,7-11H2,1-6H3. The van der Waals surface area contributed by atoms with Crippen molar-refractivity contribution in [3.8, 4) is 0 Å². The van der Waals surface area contributed by atoms with Gasteiger partial charge in [-0.25, -0.2) is 9.78 Å². The number of nitrogens with zero attached hydrogens (tertiary/aromatic N) is 2. The summed E-state index contributed by atoms with van der Waals surface area (Å²) in [5.41, 5.74) is 0.328. The second-order valence-corrected chi connectivity index (χ2v) is 13.4. The number of carbonyl (C=O) groups is 1. The molecule has 1 aliphatic heterocycles. The second kappa shape index (κ2) is 7.61. The summed E-state index contributed by atoms with van der Waals surface area (Å²) in [6.07, 6.45) is 2.21. The number of amides is 1. The van der Waals surface area contributed by atoms with Crippen LogP contribution >= 0.6 is 22.9 Å². The first kappa shape index (κ1) is 22.2. The molecule has 1 N–H and O–H groups in total. The van der Waals surface area contributed by atoms with Gasteiger partial charge in [0.05, 0.1) is 5.69 Å². The number of nitrogens with one attached hydrogen (secondary N) is 1. The van der Waals surface area contributed by atoms with Crippen molar-refractivity contribution in [1.82, 2.24) is 14.6 Å². The van der Waals surface area contributed by atoms with Gasteiger partial charge < -0.3 is 14.2 Å². The van der Waals surface area contributed by atoms with Gasteiger partial charge in [-0.1, -0.05) is 11.6 Å². The third-order valence-corrected chi connectivity index (χ3v) is 8.03. The van der Waals surface area contributed by atoms with E-state index in [9.17, 15) is 9.35 Å². The van der Waals surface area contributed by atoms with Gasteiger partial charge in [0.2, 0.25) is 0 Å². The summed E-state index contributed by atoms with van der Waals surface area (Å²) in [5.74, 6) is 0. The Hall–Kier alpha value is -0.540. The first-order valence-electron chi connectivity index (χ1n) is 9.62. The molecule has 1 saturated heterocycles. The quantitative estimate of drug-likeness (QED) is 0.677. The zero-order chi connectivity index (χ0) is 20.9. The van der Waals surface area contributed by atoms with Gasteiger partial charge in [0.1, 0.15) is 16.4 Å². The Balaban J connectivity index is 1.77. The number of piperidine rings is 1. The Morgan fingerprint density at radius 3 is 2.46 bits per heavy atom. The number of aromatic nitrogens is 1. The smallest absolute Gasteiger partial charge is 0.410 e. The summed E-state index contributed by atoms with van der Waals surface area (Å²) in [5, 5.41) is 0. The normalized spacial score (nSPS) is 23.0. The maximum absolute atomic E-state index is 12.9. The first-order chi connectivity index (χ1) is 12.8. The molecule has 0 aromatic carbocycles. The molecule has 6 nitrogen and oxygen atoms in total. The highest BCUT2D eigenvalue weighted by atomic mass is 35.5. The molecule has 2 atom stereocenters. The molecule has 3 rings (SSSR count). The lowest BCUT2D eigenvalue weighted by Gasteiger charge is -2.43. The Morgan fingerprint density at radius 1 is 1.32 bits per heavy atom. The van der Waals surface area contributed by atoms with E-state index in [4.69, 9.17) is 16.3 Å². The predicted molar refractivity (Wildman–Crippen MR) is 114 cm³/mol. The van der Waals surface area contributed by atoms with Crippen LogP contribution in [-0.4, -0.2) is 44.0 Å². The molecule has 2 unspecified atom stereocenters. The van der Waals surface area contributed by atoms with E-state index in [1.807, 2.05) is 41.5 Å². The molecule has 1 aromatic heterocycles. The minimum Gasteiger partial charge on any atom is -0.598 e. The topological polar surface area (TPSA) is 77.5 Å². The highest BCUT2D eigenvalue weighted by Gasteiger charge is 2.53. The number of hydrogen-bond acceptors (Lipinski definition) is 6. The minimum absolute atomic E-state index is 0.0990. The van der Waals surface area contributed by atoms with E-state index in [0.29, 0.717) is 17.6 Å². The summed E-state index contributed by atoms with van der Waals surface area (Å²) < 4.78 is 21.9. The van der Waals surface area contributed by atoms with E-state index in [1.165, 1.54) is 16.2 Å². The molecular weight excluding hydrogens is 418 g/mol. The van der Waals surface area contributed by atoms with Crippen molar-refractivity contribution >= 4 is 40.4 Å². The zero-order valence-corrected chi connectivity index (χ0v) is 19.8. The van der Waals surface area contributed by atoms with E-state index in [-0.39, 0.29) is 22.3 Å². The van der Waals surface area contributed by atoms with Crippen LogP contribution in [-0.2, 0) is 22.5 Å².